The van der Waals surface area contributed by atoms with Gasteiger partial charge < -0.3 is 5.32 Å². The summed E-state index contributed by atoms with van der Waals surface area (Å²) in [5.41, 5.74) is 2.89. The lowest BCUT2D eigenvalue weighted by Crippen LogP contribution is -2.07. The van der Waals surface area contributed by atoms with Gasteiger partial charge in [-0.2, -0.15) is 0 Å². The quantitative estimate of drug-likeness (QED) is 0.751. The number of fused-ring (bicyclic) bond motifs is 1. The third kappa shape index (κ3) is 2.35. The van der Waals surface area contributed by atoms with Crippen LogP contribution in [0.4, 0.5) is 5.82 Å². The van der Waals surface area contributed by atoms with Crippen LogP contribution in [0.2, 0.25) is 0 Å². The van der Waals surface area contributed by atoms with Gasteiger partial charge >= 0.3 is 0 Å². The van der Waals surface area contributed by atoms with Crippen LogP contribution in [0, 0.1) is 0 Å². The van der Waals surface area contributed by atoms with E-state index in [4.69, 9.17) is 0 Å². The number of tetrazole rings is 1. The fourth-order valence-corrected chi connectivity index (χ4v) is 1.87. The maximum absolute atomic E-state index is 4.38. The second-order valence-electron chi connectivity index (χ2n) is 4.06. The third-order valence-corrected chi connectivity index (χ3v) is 2.87. The van der Waals surface area contributed by atoms with E-state index in [-0.39, 0.29) is 0 Å². The summed E-state index contributed by atoms with van der Waals surface area (Å²) in [6.07, 6.45) is 2.76. The minimum atomic E-state index is 0.623. The summed E-state index contributed by atoms with van der Waals surface area (Å²) in [5.74, 6) is 0.715. The van der Waals surface area contributed by atoms with Crippen LogP contribution >= 0.6 is 0 Å². The first-order chi connectivity index (χ1) is 9.36. The molecule has 7 heteroatoms. The highest BCUT2D eigenvalue weighted by molar-refractivity contribution is 5.42. The minimum Gasteiger partial charge on any atom is -0.363 e. The van der Waals surface area contributed by atoms with E-state index in [2.05, 4.69) is 43.9 Å². The molecule has 96 valence electrons. The predicted octanol–water partition coefficient (Wildman–Crippen LogP) is 1.09. The number of nitrogens with zero attached hydrogens (tertiary/aromatic N) is 6. The van der Waals surface area contributed by atoms with Crippen molar-refractivity contribution in [2.24, 2.45) is 0 Å². The Balaban J connectivity index is 1.78. The lowest BCUT2D eigenvalue weighted by Gasteiger charge is -2.08. The van der Waals surface area contributed by atoms with E-state index in [1.807, 2.05) is 18.2 Å². The molecule has 0 aliphatic carbocycles. The average Bonchev–Trinajstić information content (AvgIpc) is 2.93. The van der Waals surface area contributed by atoms with Gasteiger partial charge in [0.15, 0.2) is 5.65 Å². The standard InChI is InChI=1S/C12H13N7/c1-2-9-4-3-7-13-10(9)8-14-11-5-6-12-15-17-18-19(12)16-11/h3-7H,2,8H2,1H3,(H,14,16). The van der Waals surface area contributed by atoms with Gasteiger partial charge in [-0.15, -0.1) is 14.8 Å². The zero-order chi connectivity index (χ0) is 13.1. The number of aryl methyl sites for hydroxylation is 1. The maximum atomic E-state index is 4.38. The van der Waals surface area contributed by atoms with Crippen molar-refractivity contribution in [1.82, 2.24) is 30.2 Å². The highest BCUT2D eigenvalue weighted by atomic mass is 15.6. The number of pyridine rings is 1. The van der Waals surface area contributed by atoms with Crippen molar-refractivity contribution in [3.8, 4) is 0 Å². The van der Waals surface area contributed by atoms with Gasteiger partial charge in [0.2, 0.25) is 0 Å². The van der Waals surface area contributed by atoms with Gasteiger partial charge in [-0.05, 0) is 40.6 Å². The van der Waals surface area contributed by atoms with Crippen LogP contribution in [0.3, 0.4) is 0 Å². The number of rotatable bonds is 4. The molecule has 0 unspecified atom stereocenters. The molecule has 0 bridgehead atoms. The number of aromatic nitrogens is 6. The summed E-state index contributed by atoms with van der Waals surface area (Å²) in [4.78, 5) is 4.38. The highest BCUT2D eigenvalue weighted by Crippen LogP contribution is 2.09. The minimum absolute atomic E-state index is 0.623. The molecule has 7 nitrogen and oxygen atoms in total. The van der Waals surface area contributed by atoms with Crippen LogP contribution < -0.4 is 5.32 Å². The van der Waals surface area contributed by atoms with Crippen molar-refractivity contribution in [2.75, 3.05) is 5.32 Å². The van der Waals surface area contributed by atoms with E-state index in [9.17, 15) is 0 Å². The Kier molecular flexibility index (Phi) is 3.01. The fraction of sp³-hybridized carbons (Fsp3) is 0.250. The average molecular weight is 255 g/mol. The fourth-order valence-electron chi connectivity index (χ4n) is 1.87. The SMILES string of the molecule is CCc1cccnc1CNc1ccc2nnnn2n1. The summed E-state index contributed by atoms with van der Waals surface area (Å²) in [6, 6.07) is 7.70. The Morgan fingerprint density at radius 3 is 3.11 bits per heavy atom. The molecule has 0 amide bonds. The number of anilines is 1. The molecule has 0 aliphatic heterocycles. The predicted molar refractivity (Wildman–Crippen MR) is 69.5 cm³/mol. The van der Waals surface area contributed by atoms with Gasteiger partial charge in [0, 0.05) is 6.20 Å². The van der Waals surface area contributed by atoms with Crippen LogP contribution in [0.1, 0.15) is 18.2 Å². The number of hydrogen-bond donors (Lipinski definition) is 1. The van der Waals surface area contributed by atoms with Gasteiger partial charge in [-0.25, -0.2) is 0 Å². The molecule has 3 aromatic rings. The molecule has 3 rings (SSSR count). The van der Waals surface area contributed by atoms with E-state index >= 15 is 0 Å². The molecule has 0 atom stereocenters. The summed E-state index contributed by atoms with van der Waals surface area (Å²) < 4.78 is 1.39. The second-order valence-corrected chi connectivity index (χ2v) is 4.06. The molecule has 0 aliphatic rings. The molecule has 0 fully saturated rings. The molecule has 0 aromatic carbocycles. The lowest BCUT2D eigenvalue weighted by atomic mass is 10.1. The van der Waals surface area contributed by atoms with Gasteiger partial charge in [0.1, 0.15) is 5.82 Å². The molecule has 0 saturated heterocycles. The normalized spacial score (nSPS) is 10.8. The molecule has 0 radical (unpaired) electrons. The van der Waals surface area contributed by atoms with Gasteiger partial charge in [0.25, 0.3) is 0 Å². The summed E-state index contributed by atoms with van der Waals surface area (Å²) in [7, 11) is 0. The molecule has 3 heterocycles. The van der Waals surface area contributed by atoms with Crippen LogP contribution in [0.15, 0.2) is 30.5 Å². The third-order valence-electron chi connectivity index (χ3n) is 2.87. The van der Waals surface area contributed by atoms with Crippen LogP contribution in [-0.4, -0.2) is 30.2 Å². The summed E-state index contributed by atoms with van der Waals surface area (Å²) >= 11 is 0. The van der Waals surface area contributed by atoms with Crippen LogP contribution in [0.25, 0.3) is 5.65 Å². The first-order valence-electron chi connectivity index (χ1n) is 6.09. The van der Waals surface area contributed by atoms with Crippen molar-refractivity contribution in [2.45, 2.75) is 19.9 Å². The van der Waals surface area contributed by atoms with Crippen LogP contribution in [0.5, 0.6) is 0 Å². The first-order valence-corrected chi connectivity index (χ1v) is 6.09. The van der Waals surface area contributed by atoms with E-state index in [0.717, 1.165) is 12.1 Å². The number of hydrogen-bond acceptors (Lipinski definition) is 6. The molecule has 19 heavy (non-hydrogen) atoms. The smallest absolute Gasteiger partial charge is 0.200 e. The van der Waals surface area contributed by atoms with E-state index in [1.54, 1.807) is 6.20 Å². The molecule has 1 N–H and O–H groups in total. The molecule has 0 spiro atoms. The van der Waals surface area contributed by atoms with Gasteiger partial charge in [-0.3, -0.25) is 4.98 Å². The van der Waals surface area contributed by atoms with Crippen molar-refractivity contribution >= 4 is 11.5 Å². The van der Waals surface area contributed by atoms with Gasteiger partial charge in [0.05, 0.1) is 12.2 Å². The van der Waals surface area contributed by atoms with Gasteiger partial charge in [-0.1, -0.05) is 13.0 Å². The zero-order valence-electron chi connectivity index (χ0n) is 10.5. The zero-order valence-corrected chi connectivity index (χ0v) is 10.5. The van der Waals surface area contributed by atoms with Crippen molar-refractivity contribution in [3.63, 3.8) is 0 Å². The highest BCUT2D eigenvalue weighted by Gasteiger charge is 2.03. The first kappa shape index (κ1) is 11.5. The van der Waals surface area contributed by atoms with Crippen molar-refractivity contribution in [3.05, 3.63) is 41.7 Å². The number of nitrogens with one attached hydrogen (secondary N) is 1. The maximum Gasteiger partial charge on any atom is 0.200 e. The molecular weight excluding hydrogens is 242 g/mol. The Hall–Kier alpha value is -2.57. The van der Waals surface area contributed by atoms with Crippen LogP contribution in [-0.2, 0) is 13.0 Å². The molecule has 3 aromatic heterocycles. The molecule has 0 saturated carbocycles. The summed E-state index contributed by atoms with van der Waals surface area (Å²) in [6.45, 7) is 2.75. The molecular formula is C12H13N7. The van der Waals surface area contributed by atoms with Crippen molar-refractivity contribution in [1.29, 1.82) is 0 Å². The lowest BCUT2D eigenvalue weighted by molar-refractivity contribution is 0.733. The Morgan fingerprint density at radius 1 is 1.26 bits per heavy atom. The topological polar surface area (TPSA) is 80.9 Å². The van der Waals surface area contributed by atoms with E-state index in [0.29, 0.717) is 18.0 Å². The van der Waals surface area contributed by atoms with Crippen molar-refractivity contribution < 1.29 is 0 Å². The van der Waals surface area contributed by atoms with E-state index in [1.165, 1.54) is 10.2 Å². The second kappa shape index (κ2) is 4.97. The Bertz CT molecular complexity index is 691. The van der Waals surface area contributed by atoms with E-state index < -0.39 is 0 Å². The summed E-state index contributed by atoms with van der Waals surface area (Å²) in [5, 5.41) is 18.6. The Labute approximate surface area is 109 Å². The monoisotopic (exact) mass is 255 g/mol. The largest absolute Gasteiger partial charge is 0.363 e. The Morgan fingerprint density at radius 2 is 2.21 bits per heavy atom.